The van der Waals surface area contributed by atoms with Crippen LogP contribution in [0.2, 0.25) is 0 Å². The first kappa shape index (κ1) is 34.7. The third kappa shape index (κ3) is 8.65. The molecule has 0 saturated carbocycles. The summed E-state index contributed by atoms with van der Waals surface area (Å²) in [6.07, 6.45) is 13.5. The lowest BCUT2D eigenvalue weighted by atomic mass is 10.0. The highest BCUT2D eigenvalue weighted by Crippen LogP contribution is 2.33. The van der Waals surface area contributed by atoms with Crippen molar-refractivity contribution in [2.45, 2.75) is 85.2 Å². The zero-order valence-electron chi connectivity index (χ0n) is 28.3. The number of hydrogen-bond acceptors (Lipinski definition) is 8. The minimum atomic E-state index is -3.24. The molecule has 9 nitrogen and oxygen atoms in total. The highest BCUT2D eigenvalue weighted by atomic mass is 32.2. The number of ether oxygens (including phenoxy) is 1. The Morgan fingerprint density at radius 1 is 0.978 bits per heavy atom. The van der Waals surface area contributed by atoms with E-state index in [1.807, 2.05) is 12.4 Å². The number of thiazole rings is 1. The number of sulfonamides is 1. The number of benzene rings is 1. The molecule has 1 saturated heterocycles. The first-order valence-electron chi connectivity index (χ1n) is 17.4. The van der Waals surface area contributed by atoms with E-state index in [9.17, 15) is 8.42 Å². The van der Waals surface area contributed by atoms with Crippen LogP contribution in [-0.2, 0) is 16.4 Å². The van der Waals surface area contributed by atoms with E-state index in [2.05, 4.69) is 66.8 Å². The van der Waals surface area contributed by atoms with E-state index >= 15 is 0 Å². The van der Waals surface area contributed by atoms with Crippen molar-refractivity contribution in [1.29, 1.82) is 0 Å². The highest BCUT2D eigenvalue weighted by molar-refractivity contribution is 7.89. The van der Waals surface area contributed by atoms with Crippen LogP contribution in [0.5, 0.6) is 5.19 Å². The molecule has 2 aliphatic heterocycles. The number of quaternary nitrogens is 1. The smallest absolute Gasteiger partial charge is 0.274 e. The van der Waals surface area contributed by atoms with Gasteiger partial charge in [0.05, 0.1) is 42.1 Å². The Balaban J connectivity index is 1.10. The molecule has 0 spiro atoms. The van der Waals surface area contributed by atoms with Gasteiger partial charge >= 0.3 is 0 Å². The van der Waals surface area contributed by atoms with Crippen LogP contribution in [0.25, 0.3) is 15.8 Å². The highest BCUT2D eigenvalue weighted by Gasteiger charge is 2.26. The molecule has 0 atom stereocenters. The molecule has 0 N–H and O–H groups in total. The molecule has 0 amide bonds. The van der Waals surface area contributed by atoms with Gasteiger partial charge in [0.1, 0.15) is 6.10 Å². The number of fused-ring (bicyclic) bond motifs is 1. The molecule has 0 bridgehead atoms. The van der Waals surface area contributed by atoms with Gasteiger partial charge < -0.3 is 14.1 Å². The van der Waals surface area contributed by atoms with Crippen molar-refractivity contribution < 1.29 is 17.6 Å². The lowest BCUT2D eigenvalue weighted by Crippen LogP contribution is -2.48. The molecule has 0 unspecified atom stereocenters. The Kier molecular flexibility index (Phi) is 12.1. The number of aryl methyl sites for hydroxylation is 1. The number of unbranched alkanes of at least 4 members (excludes halogenated alkanes) is 2. The van der Waals surface area contributed by atoms with Crippen LogP contribution in [0.1, 0.15) is 83.8 Å². The van der Waals surface area contributed by atoms with Gasteiger partial charge in [0.25, 0.3) is 5.19 Å². The topological polar surface area (TPSA) is 88.5 Å². The minimum absolute atomic E-state index is 0.126. The molecule has 11 heteroatoms. The predicted molar refractivity (Wildman–Crippen MR) is 190 cm³/mol. The van der Waals surface area contributed by atoms with E-state index in [1.54, 1.807) is 15.6 Å². The average molecular weight is 670 g/mol. The van der Waals surface area contributed by atoms with Gasteiger partial charge in [-0.1, -0.05) is 36.8 Å². The van der Waals surface area contributed by atoms with Gasteiger partial charge in [0.2, 0.25) is 16.0 Å². The fourth-order valence-electron chi connectivity index (χ4n) is 6.75. The van der Waals surface area contributed by atoms with E-state index < -0.39 is 10.0 Å². The Morgan fingerprint density at radius 2 is 1.72 bits per heavy atom. The van der Waals surface area contributed by atoms with E-state index in [0.717, 1.165) is 117 Å². The maximum atomic E-state index is 13.1. The van der Waals surface area contributed by atoms with Gasteiger partial charge in [-0.15, -0.1) is 0 Å². The second-order valence-electron chi connectivity index (χ2n) is 12.8. The summed E-state index contributed by atoms with van der Waals surface area (Å²) in [5.74, 6) is 1.05. The molecule has 5 rings (SSSR count). The summed E-state index contributed by atoms with van der Waals surface area (Å²) < 4.78 is 36.4. The molecule has 2 aromatic heterocycles. The lowest BCUT2D eigenvalue weighted by molar-refractivity contribution is -0.923. The maximum absolute atomic E-state index is 13.1. The largest absolute Gasteiger partial charge is 0.467 e. The number of anilines is 1. The standard InChI is InChI=1S/C35H53N6O3S2/c1-5-12-28-26-36-34(37-27-28)39-19-17-31(18-20-39)44-35-38-32-14-13-30(25-33(32)45-35)29-15-21-40(22-16-29)46(42,43)24-11-9-10-23-41(6-2,7-3)8-4/h13-15,25-27,31H,5-12,16-24H2,1-4H3/q+1. The normalized spacial score (nSPS) is 17.0. The van der Waals surface area contributed by atoms with Gasteiger partial charge in [-0.3, -0.25) is 0 Å². The fraction of sp³-hybridized carbons (Fsp3) is 0.629. The van der Waals surface area contributed by atoms with Crippen molar-refractivity contribution in [1.82, 2.24) is 19.3 Å². The number of piperidine rings is 1. The zero-order chi connectivity index (χ0) is 32.6. The number of rotatable bonds is 16. The number of nitrogens with zero attached hydrogens (tertiary/aromatic N) is 6. The lowest BCUT2D eigenvalue weighted by Gasteiger charge is -2.35. The van der Waals surface area contributed by atoms with Crippen molar-refractivity contribution in [3.63, 3.8) is 0 Å². The van der Waals surface area contributed by atoms with Crippen LogP contribution in [0.3, 0.4) is 0 Å². The molecular weight excluding hydrogens is 617 g/mol. The predicted octanol–water partition coefficient (Wildman–Crippen LogP) is 6.55. The molecule has 0 radical (unpaired) electrons. The molecule has 252 valence electrons. The van der Waals surface area contributed by atoms with E-state index in [1.165, 1.54) is 11.1 Å². The summed E-state index contributed by atoms with van der Waals surface area (Å²) in [5.41, 5.74) is 4.47. The van der Waals surface area contributed by atoms with Gasteiger partial charge in [-0.05, 0) is 81.7 Å². The summed E-state index contributed by atoms with van der Waals surface area (Å²) in [7, 11) is -3.24. The number of aromatic nitrogens is 3. The van der Waals surface area contributed by atoms with Crippen molar-refractivity contribution >= 4 is 43.1 Å². The molecule has 3 aromatic rings. The summed E-state index contributed by atoms with van der Waals surface area (Å²) >= 11 is 1.59. The van der Waals surface area contributed by atoms with Crippen molar-refractivity contribution in [2.75, 3.05) is 63.0 Å². The van der Waals surface area contributed by atoms with Crippen molar-refractivity contribution in [3.05, 3.63) is 47.8 Å². The van der Waals surface area contributed by atoms with Crippen LogP contribution in [0.15, 0.2) is 36.7 Å². The van der Waals surface area contributed by atoms with Gasteiger partial charge in [-0.2, -0.15) is 4.31 Å². The van der Waals surface area contributed by atoms with Crippen LogP contribution in [-0.4, -0.2) is 96.4 Å². The third-order valence-electron chi connectivity index (χ3n) is 10.1. The van der Waals surface area contributed by atoms with E-state index in [0.29, 0.717) is 18.3 Å². The SMILES string of the molecule is CCCc1cnc(N2CCC(Oc3nc4ccc(C5=CCN(S(=O)(=O)CCCCC[N+](CC)(CC)CC)CC5)cc4s3)CC2)nc1. The van der Waals surface area contributed by atoms with Crippen LogP contribution < -0.4 is 9.64 Å². The molecule has 0 aliphatic carbocycles. The second-order valence-corrected chi connectivity index (χ2v) is 15.9. The summed E-state index contributed by atoms with van der Waals surface area (Å²) in [6.45, 7) is 16.2. The maximum Gasteiger partial charge on any atom is 0.274 e. The van der Waals surface area contributed by atoms with Crippen molar-refractivity contribution in [2.24, 2.45) is 0 Å². The van der Waals surface area contributed by atoms with E-state index in [-0.39, 0.29) is 11.9 Å². The van der Waals surface area contributed by atoms with Gasteiger partial charge in [0, 0.05) is 51.4 Å². The minimum Gasteiger partial charge on any atom is -0.467 e. The van der Waals surface area contributed by atoms with Crippen LogP contribution in [0, 0.1) is 0 Å². The quantitative estimate of drug-likeness (QED) is 0.126. The Bertz CT molecular complexity index is 1540. The zero-order valence-corrected chi connectivity index (χ0v) is 29.9. The Labute approximate surface area is 280 Å². The fourth-order valence-corrected chi connectivity index (χ4v) is 9.17. The van der Waals surface area contributed by atoms with Gasteiger partial charge in [0.15, 0.2) is 0 Å². The molecule has 4 heterocycles. The van der Waals surface area contributed by atoms with Crippen molar-refractivity contribution in [3.8, 4) is 5.19 Å². The van der Waals surface area contributed by atoms with Crippen LogP contribution in [0.4, 0.5) is 5.95 Å². The van der Waals surface area contributed by atoms with Crippen LogP contribution >= 0.6 is 11.3 Å². The molecule has 1 fully saturated rings. The van der Waals surface area contributed by atoms with E-state index in [4.69, 9.17) is 9.72 Å². The number of hydrogen-bond donors (Lipinski definition) is 0. The second kappa shape index (κ2) is 16.0. The molecule has 46 heavy (non-hydrogen) atoms. The molecular formula is C35H53N6O3S2+. The molecule has 2 aliphatic rings. The van der Waals surface area contributed by atoms with Gasteiger partial charge in [-0.25, -0.2) is 23.4 Å². The summed E-state index contributed by atoms with van der Waals surface area (Å²) in [5, 5.41) is 0.712. The monoisotopic (exact) mass is 669 g/mol. The Hall–Kier alpha value is -2.60. The first-order valence-corrected chi connectivity index (χ1v) is 19.9. The third-order valence-corrected chi connectivity index (χ3v) is 12.9. The summed E-state index contributed by atoms with van der Waals surface area (Å²) in [4.78, 5) is 16.2. The Morgan fingerprint density at radius 3 is 2.37 bits per heavy atom. The first-order chi connectivity index (χ1) is 22.3. The summed E-state index contributed by atoms with van der Waals surface area (Å²) in [6, 6.07) is 6.34. The average Bonchev–Trinajstić information content (AvgIpc) is 3.49. The molecule has 1 aromatic carbocycles.